The van der Waals surface area contributed by atoms with Crippen LogP contribution in [0.4, 0.5) is 0 Å². The van der Waals surface area contributed by atoms with Crippen molar-refractivity contribution in [2.24, 2.45) is 0 Å². The van der Waals surface area contributed by atoms with Crippen molar-refractivity contribution < 1.29 is 9.59 Å². The molecule has 4 rings (SSSR count). The second-order valence-electron chi connectivity index (χ2n) is 7.98. The van der Waals surface area contributed by atoms with Crippen molar-refractivity contribution >= 4 is 28.8 Å². The predicted molar refractivity (Wildman–Crippen MR) is 133 cm³/mol. The van der Waals surface area contributed by atoms with Gasteiger partial charge in [-0.05, 0) is 54.3 Å². The van der Waals surface area contributed by atoms with E-state index in [2.05, 4.69) is 21.7 Å². The quantitative estimate of drug-likeness (QED) is 0.345. The van der Waals surface area contributed by atoms with Crippen LogP contribution in [0.2, 0.25) is 0 Å². The van der Waals surface area contributed by atoms with E-state index >= 15 is 0 Å². The van der Waals surface area contributed by atoms with Crippen molar-refractivity contribution in [2.45, 2.75) is 19.9 Å². The van der Waals surface area contributed by atoms with Crippen LogP contribution in [0.1, 0.15) is 34.0 Å². The number of para-hydroxylation sites is 1. The molecule has 0 aliphatic carbocycles. The molecule has 3 aromatic carbocycles. The highest BCUT2D eigenvalue weighted by molar-refractivity contribution is 5.97. The highest BCUT2D eigenvalue weighted by Crippen LogP contribution is 2.17. The molecule has 3 N–H and O–H groups in total. The van der Waals surface area contributed by atoms with Crippen LogP contribution in [0.5, 0.6) is 0 Å². The van der Waals surface area contributed by atoms with Gasteiger partial charge in [0.2, 0.25) is 5.91 Å². The third-order valence-electron chi connectivity index (χ3n) is 5.56. The van der Waals surface area contributed by atoms with Crippen LogP contribution in [0.3, 0.4) is 0 Å². The fourth-order valence-electron chi connectivity index (χ4n) is 3.71. The van der Waals surface area contributed by atoms with Gasteiger partial charge < -0.3 is 15.6 Å². The molecule has 2 amide bonds. The molecule has 5 nitrogen and oxygen atoms in total. The zero-order valence-corrected chi connectivity index (χ0v) is 18.6. The normalized spacial score (nSPS) is 11.4. The molecule has 1 aromatic heterocycles. The molecule has 33 heavy (non-hydrogen) atoms. The van der Waals surface area contributed by atoms with Crippen LogP contribution < -0.4 is 10.6 Å². The number of H-pyrrole nitrogens is 1. The first-order chi connectivity index (χ1) is 16.1. The molecule has 0 radical (unpaired) electrons. The van der Waals surface area contributed by atoms with Gasteiger partial charge in [-0.15, -0.1) is 0 Å². The number of nitrogens with one attached hydrogen (secondary N) is 3. The first-order valence-corrected chi connectivity index (χ1v) is 11.0. The first kappa shape index (κ1) is 22.1. The number of amides is 2. The molecule has 0 aliphatic rings. The molecule has 166 valence electrons. The standard InChI is InChI=1S/C28H27N3O2/c1-20(17-21-7-3-2-4-8-21)27(32)31-18-22-11-13-23(14-12-22)28(33)29-16-15-24-19-30-26-10-6-5-9-25(24)26/h2-14,17,19,30H,15-16,18H2,1H3,(H,29,33)(H,31,32)/b20-17+. The number of hydrogen-bond donors (Lipinski definition) is 3. The van der Waals surface area contributed by atoms with Crippen molar-refractivity contribution in [2.75, 3.05) is 6.54 Å². The van der Waals surface area contributed by atoms with Crippen molar-refractivity contribution in [1.82, 2.24) is 15.6 Å². The van der Waals surface area contributed by atoms with Gasteiger partial charge in [-0.25, -0.2) is 0 Å². The lowest BCUT2D eigenvalue weighted by Crippen LogP contribution is -2.26. The number of benzene rings is 3. The minimum atomic E-state index is -0.113. The molecule has 4 aromatic rings. The van der Waals surface area contributed by atoms with Gasteiger partial charge in [0.15, 0.2) is 0 Å². The van der Waals surface area contributed by atoms with Crippen molar-refractivity contribution in [1.29, 1.82) is 0 Å². The van der Waals surface area contributed by atoms with E-state index in [0.717, 1.165) is 23.1 Å². The van der Waals surface area contributed by atoms with Gasteiger partial charge in [0.25, 0.3) is 5.91 Å². The molecule has 0 aliphatic heterocycles. The van der Waals surface area contributed by atoms with Crippen LogP contribution in [-0.2, 0) is 17.8 Å². The summed E-state index contributed by atoms with van der Waals surface area (Å²) in [6.07, 6.45) is 4.62. The van der Waals surface area contributed by atoms with Crippen molar-refractivity contribution in [3.05, 3.63) is 113 Å². The van der Waals surface area contributed by atoms with Gasteiger partial charge in [0, 0.05) is 41.3 Å². The first-order valence-electron chi connectivity index (χ1n) is 11.0. The van der Waals surface area contributed by atoms with Crippen LogP contribution in [0.15, 0.2) is 90.6 Å². The minimum absolute atomic E-state index is 0.105. The summed E-state index contributed by atoms with van der Waals surface area (Å²) in [5.74, 6) is -0.218. The summed E-state index contributed by atoms with van der Waals surface area (Å²) in [5.41, 5.74) is 5.47. The Morgan fingerprint density at radius 3 is 2.39 bits per heavy atom. The Balaban J connectivity index is 1.25. The lowest BCUT2D eigenvalue weighted by atomic mass is 10.1. The van der Waals surface area contributed by atoms with Crippen LogP contribution in [0, 0.1) is 0 Å². The van der Waals surface area contributed by atoms with Gasteiger partial charge in [0.05, 0.1) is 0 Å². The Bertz CT molecular complexity index is 1270. The molecule has 0 saturated heterocycles. The van der Waals surface area contributed by atoms with E-state index in [9.17, 15) is 9.59 Å². The minimum Gasteiger partial charge on any atom is -0.361 e. The van der Waals surface area contributed by atoms with Gasteiger partial charge in [-0.1, -0.05) is 60.7 Å². The van der Waals surface area contributed by atoms with E-state index in [1.54, 1.807) is 19.1 Å². The highest BCUT2D eigenvalue weighted by atomic mass is 16.2. The van der Waals surface area contributed by atoms with Gasteiger partial charge in [0.1, 0.15) is 0 Å². The molecule has 1 heterocycles. The highest BCUT2D eigenvalue weighted by Gasteiger charge is 2.08. The molecular formula is C28H27N3O2. The zero-order valence-electron chi connectivity index (χ0n) is 18.6. The lowest BCUT2D eigenvalue weighted by Gasteiger charge is -2.08. The van der Waals surface area contributed by atoms with E-state index in [4.69, 9.17) is 0 Å². The van der Waals surface area contributed by atoms with Gasteiger partial charge in [-0.3, -0.25) is 9.59 Å². The Hall–Kier alpha value is -4.12. The Labute approximate surface area is 193 Å². The van der Waals surface area contributed by atoms with Crippen molar-refractivity contribution in [3.63, 3.8) is 0 Å². The molecule has 0 fully saturated rings. The summed E-state index contributed by atoms with van der Waals surface area (Å²) in [4.78, 5) is 28.1. The SMILES string of the molecule is C/C(=C\c1ccccc1)C(=O)NCc1ccc(C(=O)NCCc2c[nH]c3ccccc23)cc1. The molecular weight excluding hydrogens is 410 g/mol. The van der Waals surface area contributed by atoms with E-state index in [0.29, 0.717) is 24.2 Å². The van der Waals surface area contributed by atoms with Gasteiger partial charge in [-0.2, -0.15) is 0 Å². The molecule has 0 bridgehead atoms. The molecule has 0 spiro atoms. The smallest absolute Gasteiger partial charge is 0.251 e. The number of carbonyl (C=O) groups excluding carboxylic acids is 2. The summed E-state index contributed by atoms with van der Waals surface area (Å²) in [6, 6.07) is 25.2. The number of rotatable bonds is 8. The van der Waals surface area contributed by atoms with E-state index < -0.39 is 0 Å². The largest absolute Gasteiger partial charge is 0.361 e. The summed E-state index contributed by atoms with van der Waals surface area (Å²) in [5, 5.41) is 7.09. The summed E-state index contributed by atoms with van der Waals surface area (Å²) in [7, 11) is 0. The third kappa shape index (κ3) is 5.77. The predicted octanol–water partition coefficient (Wildman–Crippen LogP) is 4.86. The Morgan fingerprint density at radius 1 is 0.879 bits per heavy atom. The number of hydrogen-bond acceptors (Lipinski definition) is 2. The Kier molecular flexibility index (Phi) is 7.00. The van der Waals surface area contributed by atoms with E-state index in [-0.39, 0.29) is 11.8 Å². The van der Waals surface area contributed by atoms with E-state index in [1.807, 2.05) is 72.9 Å². The number of carbonyl (C=O) groups is 2. The number of aromatic nitrogens is 1. The third-order valence-corrected chi connectivity index (χ3v) is 5.56. The van der Waals surface area contributed by atoms with Crippen LogP contribution in [0.25, 0.3) is 17.0 Å². The van der Waals surface area contributed by atoms with Gasteiger partial charge >= 0.3 is 0 Å². The average Bonchev–Trinajstić information content (AvgIpc) is 3.26. The average molecular weight is 438 g/mol. The summed E-state index contributed by atoms with van der Waals surface area (Å²) >= 11 is 0. The maximum absolute atomic E-state index is 12.5. The monoisotopic (exact) mass is 437 g/mol. The number of fused-ring (bicyclic) bond motifs is 1. The number of aromatic amines is 1. The van der Waals surface area contributed by atoms with Crippen LogP contribution in [-0.4, -0.2) is 23.3 Å². The zero-order chi connectivity index (χ0) is 23.0. The summed E-state index contributed by atoms with van der Waals surface area (Å²) in [6.45, 7) is 2.76. The molecule has 0 atom stereocenters. The maximum atomic E-state index is 12.5. The lowest BCUT2D eigenvalue weighted by molar-refractivity contribution is -0.117. The molecule has 0 saturated carbocycles. The second-order valence-corrected chi connectivity index (χ2v) is 7.98. The Morgan fingerprint density at radius 2 is 1.61 bits per heavy atom. The van der Waals surface area contributed by atoms with Crippen molar-refractivity contribution in [3.8, 4) is 0 Å². The van der Waals surface area contributed by atoms with Crippen LogP contribution >= 0.6 is 0 Å². The maximum Gasteiger partial charge on any atom is 0.251 e. The topological polar surface area (TPSA) is 74.0 Å². The molecule has 5 heteroatoms. The molecule has 0 unspecified atom stereocenters. The van der Waals surface area contributed by atoms with E-state index in [1.165, 1.54) is 10.9 Å². The fourth-order valence-corrected chi connectivity index (χ4v) is 3.71. The second kappa shape index (κ2) is 10.5. The summed E-state index contributed by atoms with van der Waals surface area (Å²) < 4.78 is 0. The fraction of sp³-hybridized carbons (Fsp3) is 0.143.